The first-order valence-electron chi connectivity index (χ1n) is 8.19. The molecule has 3 rings (SSSR count). The van der Waals surface area contributed by atoms with Crippen LogP contribution in [-0.4, -0.2) is 42.5 Å². The molecule has 1 atom stereocenters. The monoisotopic (exact) mass is 315 g/mol. The number of amides is 1. The molecule has 1 aliphatic rings. The molecule has 5 heteroatoms. The number of methoxy groups -OCH3 is 1. The van der Waals surface area contributed by atoms with Gasteiger partial charge in [-0.3, -0.25) is 9.69 Å². The molecule has 124 valence electrons. The molecule has 1 aromatic heterocycles. The van der Waals surface area contributed by atoms with Crippen LogP contribution in [0.5, 0.6) is 5.75 Å². The van der Waals surface area contributed by atoms with Crippen LogP contribution in [0.15, 0.2) is 18.2 Å². The molecule has 0 spiro atoms. The summed E-state index contributed by atoms with van der Waals surface area (Å²) >= 11 is 0. The highest BCUT2D eigenvalue weighted by Crippen LogP contribution is 2.27. The van der Waals surface area contributed by atoms with Gasteiger partial charge < -0.3 is 15.0 Å². The molecule has 1 aromatic carbocycles. The molecule has 2 heterocycles. The molecule has 1 amide bonds. The molecule has 0 saturated carbocycles. The highest BCUT2D eigenvalue weighted by atomic mass is 16.5. The van der Waals surface area contributed by atoms with Crippen molar-refractivity contribution in [1.82, 2.24) is 15.2 Å². The van der Waals surface area contributed by atoms with E-state index in [2.05, 4.69) is 34.3 Å². The number of rotatable bonds is 5. The summed E-state index contributed by atoms with van der Waals surface area (Å²) in [5.41, 5.74) is 3.73. The second-order valence-corrected chi connectivity index (χ2v) is 6.47. The van der Waals surface area contributed by atoms with Gasteiger partial charge in [0.15, 0.2) is 0 Å². The minimum atomic E-state index is 0.0591. The zero-order valence-electron chi connectivity index (χ0n) is 14.1. The number of aromatic amines is 1. The van der Waals surface area contributed by atoms with E-state index in [0.29, 0.717) is 5.92 Å². The molecule has 1 saturated heterocycles. The van der Waals surface area contributed by atoms with Crippen molar-refractivity contribution in [2.75, 3.05) is 26.7 Å². The highest BCUT2D eigenvalue weighted by Gasteiger charge is 2.23. The van der Waals surface area contributed by atoms with Crippen molar-refractivity contribution in [3.63, 3.8) is 0 Å². The number of likely N-dealkylation sites (tertiary alicyclic amines) is 1. The molecule has 0 aliphatic carbocycles. The second kappa shape index (κ2) is 6.62. The fourth-order valence-corrected chi connectivity index (χ4v) is 3.38. The zero-order valence-corrected chi connectivity index (χ0v) is 14.1. The van der Waals surface area contributed by atoms with Crippen LogP contribution < -0.4 is 10.1 Å². The normalized spacial score (nSPS) is 18.5. The van der Waals surface area contributed by atoms with Gasteiger partial charge in [0, 0.05) is 43.2 Å². The van der Waals surface area contributed by atoms with Gasteiger partial charge in [0.2, 0.25) is 5.91 Å². The van der Waals surface area contributed by atoms with Crippen molar-refractivity contribution < 1.29 is 9.53 Å². The van der Waals surface area contributed by atoms with Gasteiger partial charge in [0.05, 0.1) is 7.11 Å². The summed E-state index contributed by atoms with van der Waals surface area (Å²) in [5, 5.41) is 4.16. The van der Waals surface area contributed by atoms with Crippen LogP contribution in [0.3, 0.4) is 0 Å². The van der Waals surface area contributed by atoms with Crippen LogP contribution in [-0.2, 0) is 11.3 Å². The third-order valence-corrected chi connectivity index (χ3v) is 4.76. The van der Waals surface area contributed by atoms with Crippen molar-refractivity contribution >= 4 is 16.8 Å². The number of carbonyl (C=O) groups excluding carboxylic acids is 1. The Kier molecular flexibility index (Phi) is 4.57. The van der Waals surface area contributed by atoms with Crippen molar-refractivity contribution in [2.24, 2.45) is 5.92 Å². The van der Waals surface area contributed by atoms with Gasteiger partial charge in [-0.15, -0.1) is 0 Å². The molecular formula is C18H25N3O2. The van der Waals surface area contributed by atoms with Gasteiger partial charge in [0.25, 0.3) is 0 Å². The average molecular weight is 315 g/mol. The summed E-state index contributed by atoms with van der Waals surface area (Å²) < 4.78 is 5.32. The van der Waals surface area contributed by atoms with Crippen LogP contribution in [0.1, 0.15) is 24.6 Å². The van der Waals surface area contributed by atoms with E-state index in [1.807, 2.05) is 6.07 Å². The van der Waals surface area contributed by atoms with E-state index in [0.717, 1.165) is 43.9 Å². The van der Waals surface area contributed by atoms with Crippen LogP contribution >= 0.6 is 0 Å². The fraction of sp³-hybridized carbons (Fsp3) is 0.500. The summed E-state index contributed by atoms with van der Waals surface area (Å²) in [6, 6.07) is 6.16. The number of aromatic nitrogens is 1. The van der Waals surface area contributed by atoms with Gasteiger partial charge in [-0.05, 0) is 49.6 Å². The summed E-state index contributed by atoms with van der Waals surface area (Å²) in [5.74, 6) is 1.51. The first-order valence-corrected chi connectivity index (χ1v) is 8.19. The molecule has 0 bridgehead atoms. The first kappa shape index (κ1) is 15.9. The maximum absolute atomic E-state index is 11.0. The Morgan fingerprint density at radius 1 is 1.48 bits per heavy atom. The van der Waals surface area contributed by atoms with Gasteiger partial charge in [0.1, 0.15) is 5.75 Å². The minimum absolute atomic E-state index is 0.0591. The Morgan fingerprint density at radius 2 is 2.30 bits per heavy atom. The average Bonchev–Trinajstić information content (AvgIpc) is 3.11. The molecule has 1 unspecified atom stereocenters. The van der Waals surface area contributed by atoms with Gasteiger partial charge in [-0.1, -0.05) is 0 Å². The van der Waals surface area contributed by atoms with E-state index >= 15 is 0 Å². The SMILES string of the molecule is COc1ccc2[nH]c(CN3CCC(CNC(C)=O)C3)c(C)c2c1. The minimum Gasteiger partial charge on any atom is -0.497 e. The summed E-state index contributed by atoms with van der Waals surface area (Å²) in [6.07, 6.45) is 1.15. The molecule has 5 nitrogen and oxygen atoms in total. The van der Waals surface area contributed by atoms with E-state index < -0.39 is 0 Å². The molecule has 1 aliphatic heterocycles. The Morgan fingerprint density at radius 3 is 3.04 bits per heavy atom. The summed E-state index contributed by atoms with van der Waals surface area (Å²) in [6.45, 7) is 7.59. The molecular weight excluding hydrogens is 290 g/mol. The van der Waals surface area contributed by atoms with Crippen molar-refractivity contribution in [2.45, 2.75) is 26.8 Å². The number of aryl methyl sites for hydroxylation is 1. The third-order valence-electron chi connectivity index (χ3n) is 4.76. The number of carbonyl (C=O) groups is 1. The third kappa shape index (κ3) is 3.50. The lowest BCUT2D eigenvalue weighted by atomic mass is 10.1. The standard InChI is InChI=1S/C18H25N3O2/c1-12-16-8-15(23-3)4-5-17(16)20-18(12)11-21-7-6-14(10-21)9-19-13(2)22/h4-5,8,14,20H,6-7,9-11H2,1-3H3,(H,19,22). The highest BCUT2D eigenvalue weighted by molar-refractivity contribution is 5.85. The lowest BCUT2D eigenvalue weighted by Gasteiger charge is -2.16. The van der Waals surface area contributed by atoms with Crippen LogP contribution in [0.4, 0.5) is 0 Å². The van der Waals surface area contributed by atoms with Gasteiger partial charge in [-0.25, -0.2) is 0 Å². The van der Waals surface area contributed by atoms with E-state index in [-0.39, 0.29) is 5.91 Å². The van der Waals surface area contributed by atoms with Crippen molar-refractivity contribution in [1.29, 1.82) is 0 Å². The second-order valence-electron chi connectivity index (χ2n) is 6.47. The summed E-state index contributed by atoms with van der Waals surface area (Å²) in [7, 11) is 1.70. The number of nitrogens with zero attached hydrogens (tertiary/aromatic N) is 1. The predicted molar refractivity (Wildman–Crippen MR) is 91.7 cm³/mol. The molecule has 23 heavy (non-hydrogen) atoms. The fourth-order valence-electron chi connectivity index (χ4n) is 3.38. The number of hydrogen-bond acceptors (Lipinski definition) is 3. The van der Waals surface area contributed by atoms with Crippen molar-refractivity contribution in [3.05, 3.63) is 29.5 Å². The van der Waals surface area contributed by atoms with Crippen LogP contribution in [0, 0.1) is 12.8 Å². The molecule has 1 fully saturated rings. The topological polar surface area (TPSA) is 57.4 Å². The maximum atomic E-state index is 11.0. The maximum Gasteiger partial charge on any atom is 0.216 e. The lowest BCUT2D eigenvalue weighted by Crippen LogP contribution is -2.29. The number of H-pyrrole nitrogens is 1. The lowest BCUT2D eigenvalue weighted by molar-refractivity contribution is -0.119. The molecule has 2 N–H and O–H groups in total. The molecule has 0 radical (unpaired) electrons. The smallest absolute Gasteiger partial charge is 0.216 e. The Bertz CT molecular complexity index is 708. The Hall–Kier alpha value is -2.01. The van der Waals surface area contributed by atoms with E-state index in [1.54, 1.807) is 14.0 Å². The van der Waals surface area contributed by atoms with E-state index in [4.69, 9.17) is 4.74 Å². The number of hydrogen-bond donors (Lipinski definition) is 2. The first-order chi connectivity index (χ1) is 11.1. The summed E-state index contributed by atoms with van der Waals surface area (Å²) in [4.78, 5) is 17.0. The van der Waals surface area contributed by atoms with Crippen LogP contribution in [0.2, 0.25) is 0 Å². The zero-order chi connectivity index (χ0) is 16.4. The Balaban J connectivity index is 1.68. The van der Waals surface area contributed by atoms with E-state index in [1.165, 1.54) is 16.6 Å². The number of ether oxygens (including phenoxy) is 1. The van der Waals surface area contributed by atoms with Gasteiger partial charge >= 0.3 is 0 Å². The Labute approximate surface area is 137 Å². The predicted octanol–water partition coefficient (Wildman–Crippen LogP) is 2.44. The number of fused-ring (bicyclic) bond motifs is 1. The van der Waals surface area contributed by atoms with Crippen LogP contribution in [0.25, 0.3) is 10.9 Å². The molecule has 2 aromatic rings. The van der Waals surface area contributed by atoms with E-state index in [9.17, 15) is 4.79 Å². The largest absolute Gasteiger partial charge is 0.497 e. The number of nitrogens with one attached hydrogen (secondary N) is 2. The van der Waals surface area contributed by atoms with Crippen molar-refractivity contribution in [3.8, 4) is 5.75 Å². The van der Waals surface area contributed by atoms with Gasteiger partial charge in [-0.2, -0.15) is 0 Å². The quantitative estimate of drug-likeness (QED) is 0.891. The number of benzene rings is 1.